The van der Waals surface area contributed by atoms with E-state index in [1.54, 1.807) is 36.4 Å². The van der Waals surface area contributed by atoms with Crippen molar-refractivity contribution < 1.29 is 17.9 Å². The van der Waals surface area contributed by atoms with Crippen LogP contribution in [0.3, 0.4) is 0 Å². The van der Waals surface area contributed by atoms with E-state index in [1.807, 2.05) is 0 Å². The molecule has 2 N–H and O–H groups in total. The molecule has 2 aromatic rings. The fourth-order valence-electron chi connectivity index (χ4n) is 3.50. The van der Waals surface area contributed by atoms with Crippen LogP contribution in [0.25, 0.3) is 0 Å². The van der Waals surface area contributed by atoms with E-state index >= 15 is 0 Å². The molecule has 0 aliphatic heterocycles. The Morgan fingerprint density at radius 3 is 2.39 bits per heavy atom. The average Bonchev–Trinajstić information content (AvgIpc) is 2.70. The number of hydrogen-bond donors (Lipinski definition) is 2. The highest BCUT2D eigenvalue weighted by Gasteiger charge is 2.23. The van der Waals surface area contributed by atoms with Crippen LogP contribution in [-0.4, -0.2) is 27.5 Å². The molecule has 1 aliphatic rings. The van der Waals surface area contributed by atoms with Crippen LogP contribution in [0.2, 0.25) is 0 Å². The maximum atomic E-state index is 12.6. The number of carbonyl (C=O) groups excluding carboxylic acids is 1. The minimum Gasteiger partial charge on any atom is -0.495 e. The first-order chi connectivity index (χ1) is 13.4. The predicted octanol–water partition coefficient (Wildman–Crippen LogP) is 3.80. The van der Waals surface area contributed by atoms with E-state index in [9.17, 15) is 13.2 Å². The summed E-state index contributed by atoms with van der Waals surface area (Å²) in [5, 5.41) is 3.08. The van der Waals surface area contributed by atoms with Gasteiger partial charge in [-0.25, -0.2) is 8.42 Å². The zero-order valence-corrected chi connectivity index (χ0v) is 17.0. The highest BCUT2D eigenvalue weighted by atomic mass is 32.2. The molecule has 0 spiro atoms. The Balaban J connectivity index is 1.71. The van der Waals surface area contributed by atoms with Gasteiger partial charge in [-0.15, -0.1) is 0 Å². The summed E-state index contributed by atoms with van der Waals surface area (Å²) in [6, 6.07) is 12.9. The Labute approximate surface area is 166 Å². The number of amides is 1. The largest absolute Gasteiger partial charge is 0.495 e. The van der Waals surface area contributed by atoms with Crippen molar-refractivity contribution in [1.29, 1.82) is 0 Å². The van der Waals surface area contributed by atoms with Crippen molar-refractivity contribution in [3.05, 3.63) is 54.1 Å². The summed E-state index contributed by atoms with van der Waals surface area (Å²) >= 11 is 0. The Morgan fingerprint density at radius 1 is 1.04 bits per heavy atom. The van der Waals surface area contributed by atoms with Crippen LogP contribution in [0, 0.1) is 5.92 Å². The Kier molecular flexibility index (Phi) is 6.24. The molecule has 7 heteroatoms. The van der Waals surface area contributed by atoms with Gasteiger partial charge in [-0.2, -0.15) is 0 Å². The number of rotatable bonds is 6. The van der Waals surface area contributed by atoms with Crippen molar-refractivity contribution in [3.8, 4) is 5.75 Å². The maximum Gasteiger partial charge on any atom is 0.262 e. The average molecular weight is 403 g/mol. The molecule has 0 radical (unpaired) electrons. The SMILES string of the molecule is COc1ccccc1NS(=O)(=O)c1ccc(C(=O)NC2CCCCC2C)cc1. The molecule has 3 rings (SSSR count). The summed E-state index contributed by atoms with van der Waals surface area (Å²) in [6.07, 6.45) is 4.44. The van der Waals surface area contributed by atoms with Gasteiger partial charge in [-0.3, -0.25) is 9.52 Å². The van der Waals surface area contributed by atoms with Gasteiger partial charge in [0.25, 0.3) is 15.9 Å². The summed E-state index contributed by atoms with van der Waals surface area (Å²) in [6.45, 7) is 2.16. The molecule has 0 saturated heterocycles. The summed E-state index contributed by atoms with van der Waals surface area (Å²) in [5.74, 6) is 0.728. The summed E-state index contributed by atoms with van der Waals surface area (Å²) in [5.41, 5.74) is 0.812. The number of methoxy groups -OCH3 is 1. The van der Waals surface area contributed by atoms with Crippen molar-refractivity contribution in [1.82, 2.24) is 5.32 Å². The molecular weight excluding hydrogens is 376 g/mol. The number of para-hydroxylation sites is 2. The monoisotopic (exact) mass is 402 g/mol. The Hall–Kier alpha value is -2.54. The van der Waals surface area contributed by atoms with Gasteiger partial charge in [-0.05, 0) is 55.2 Å². The number of carbonyl (C=O) groups is 1. The van der Waals surface area contributed by atoms with Gasteiger partial charge in [0.05, 0.1) is 17.7 Å². The lowest BCUT2D eigenvalue weighted by Crippen LogP contribution is -2.41. The maximum absolute atomic E-state index is 12.6. The van der Waals surface area contributed by atoms with Gasteiger partial charge in [0.15, 0.2) is 0 Å². The lowest BCUT2D eigenvalue weighted by atomic mass is 9.86. The first-order valence-electron chi connectivity index (χ1n) is 9.47. The molecule has 1 aliphatic carbocycles. The van der Waals surface area contributed by atoms with E-state index in [0.717, 1.165) is 19.3 Å². The van der Waals surface area contributed by atoms with Crippen LogP contribution in [0.1, 0.15) is 43.0 Å². The molecule has 1 fully saturated rings. The molecule has 150 valence electrons. The van der Waals surface area contributed by atoms with Gasteiger partial charge in [0, 0.05) is 11.6 Å². The molecule has 2 unspecified atom stereocenters. The van der Waals surface area contributed by atoms with Crippen LogP contribution >= 0.6 is 0 Å². The Morgan fingerprint density at radius 2 is 1.71 bits per heavy atom. The third kappa shape index (κ3) is 4.65. The summed E-state index contributed by atoms with van der Waals surface area (Å²) < 4.78 is 33.0. The van der Waals surface area contributed by atoms with Crippen molar-refractivity contribution in [3.63, 3.8) is 0 Å². The zero-order chi connectivity index (χ0) is 20.1. The van der Waals surface area contributed by atoms with E-state index in [-0.39, 0.29) is 16.8 Å². The topological polar surface area (TPSA) is 84.5 Å². The van der Waals surface area contributed by atoms with Gasteiger partial charge < -0.3 is 10.1 Å². The van der Waals surface area contributed by atoms with Crippen molar-refractivity contribution in [2.45, 2.75) is 43.5 Å². The van der Waals surface area contributed by atoms with E-state index < -0.39 is 10.0 Å². The molecule has 0 heterocycles. The number of hydrogen-bond acceptors (Lipinski definition) is 4. The lowest BCUT2D eigenvalue weighted by Gasteiger charge is -2.29. The van der Waals surface area contributed by atoms with Crippen LogP contribution in [0.5, 0.6) is 5.75 Å². The third-order valence-corrected chi connectivity index (χ3v) is 6.59. The smallest absolute Gasteiger partial charge is 0.262 e. The molecule has 0 aromatic heterocycles. The second kappa shape index (κ2) is 8.65. The second-order valence-corrected chi connectivity index (χ2v) is 8.85. The van der Waals surface area contributed by atoms with Gasteiger partial charge in [-0.1, -0.05) is 31.9 Å². The summed E-state index contributed by atoms with van der Waals surface area (Å²) in [7, 11) is -2.31. The van der Waals surface area contributed by atoms with Crippen LogP contribution in [0.15, 0.2) is 53.4 Å². The van der Waals surface area contributed by atoms with Crippen LogP contribution in [-0.2, 0) is 10.0 Å². The fraction of sp³-hybridized carbons (Fsp3) is 0.381. The number of nitrogens with one attached hydrogen (secondary N) is 2. The van der Waals surface area contributed by atoms with E-state index in [4.69, 9.17) is 4.74 Å². The normalized spacial score (nSPS) is 19.6. The quantitative estimate of drug-likeness (QED) is 0.770. The number of anilines is 1. The molecule has 6 nitrogen and oxygen atoms in total. The van der Waals surface area contributed by atoms with Crippen molar-refractivity contribution in [2.75, 3.05) is 11.8 Å². The molecular formula is C21H26N2O4S. The molecule has 2 aromatic carbocycles. The highest BCUT2D eigenvalue weighted by Crippen LogP contribution is 2.27. The van der Waals surface area contributed by atoms with E-state index in [1.165, 1.54) is 25.7 Å². The molecule has 28 heavy (non-hydrogen) atoms. The number of benzene rings is 2. The van der Waals surface area contributed by atoms with Crippen molar-refractivity contribution in [2.24, 2.45) is 5.92 Å². The van der Waals surface area contributed by atoms with Crippen LogP contribution < -0.4 is 14.8 Å². The van der Waals surface area contributed by atoms with Gasteiger partial charge in [0.1, 0.15) is 5.75 Å². The standard InChI is InChI=1S/C21H26N2O4S/c1-15-7-3-4-8-18(15)22-21(24)16-11-13-17(14-12-16)28(25,26)23-19-9-5-6-10-20(19)27-2/h5-6,9-15,18,23H,3-4,7-8H2,1-2H3,(H,22,24). The first kappa shape index (κ1) is 20.2. The molecule has 1 amide bonds. The molecule has 0 bridgehead atoms. The fourth-order valence-corrected chi connectivity index (χ4v) is 4.57. The zero-order valence-electron chi connectivity index (χ0n) is 16.1. The van der Waals surface area contributed by atoms with Gasteiger partial charge in [0.2, 0.25) is 0 Å². The number of ether oxygens (including phenoxy) is 1. The molecule has 2 atom stereocenters. The van der Waals surface area contributed by atoms with Crippen molar-refractivity contribution >= 4 is 21.6 Å². The first-order valence-corrected chi connectivity index (χ1v) is 11.0. The van der Waals surface area contributed by atoms with E-state index in [0.29, 0.717) is 22.9 Å². The third-order valence-electron chi connectivity index (χ3n) is 5.21. The lowest BCUT2D eigenvalue weighted by molar-refractivity contribution is 0.0910. The minimum absolute atomic E-state index is 0.0843. The van der Waals surface area contributed by atoms with Crippen LogP contribution in [0.4, 0.5) is 5.69 Å². The summed E-state index contributed by atoms with van der Waals surface area (Å²) in [4.78, 5) is 12.6. The van der Waals surface area contributed by atoms with Gasteiger partial charge >= 0.3 is 0 Å². The van der Waals surface area contributed by atoms with E-state index in [2.05, 4.69) is 17.0 Å². The minimum atomic E-state index is -3.79. The highest BCUT2D eigenvalue weighted by molar-refractivity contribution is 7.92. The second-order valence-electron chi connectivity index (χ2n) is 7.17. The Bertz CT molecular complexity index is 926. The number of sulfonamides is 1. The molecule has 1 saturated carbocycles. The predicted molar refractivity (Wildman–Crippen MR) is 109 cm³/mol.